The normalized spacial score (nSPS) is 11.9. The summed E-state index contributed by atoms with van der Waals surface area (Å²) >= 11 is 0. The van der Waals surface area contributed by atoms with Crippen molar-refractivity contribution < 1.29 is 8.42 Å². The van der Waals surface area contributed by atoms with Gasteiger partial charge in [-0.15, -0.1) is 0 Å². The predicted molar refractivity (Wildman–Crippen MR) is 89.6 cm³/mol. The largest absolute Gasteiger partial charge is 0.323 e. The topological polar surface area (TPSA) is 94.8 Å². The molecule has 0 bridgehead atoms. The molecule has 0 saturated carbocycles. The fraction of sp³-hybridized carbons (Fsp3) is 0.188. The maximum Gasteiger partial charge on any atom is 0.323 e. The lowest BCUT2D eigenvalue weighted by atomic mass is 10.2. The molecule has 0 radical (unpaired) electrons. The van der Waals surface area contributed by atoms with Crippen LogP contribution in [0.1, 0.15) is 16.7 Å². The first-order valence-corrected chi connectivity index (χ1v) is 8.80. The summed E-state index contributed by atoms with van der Waals surface area (Å²) in [5.41, 5.74) is 3.69. The third kappa shape index (κ3) is 3.88. The molecular formula is C16H17N3O3S. The van der Waals surface area contributed by atoms with Gasteiger partial charge in [-0.05, 0) is 30.2 Å². The average molecular weight is 331 g/mol. The number of aromatic nitrogens is 2. The minimum Gasteiger partial charge on any atom is -0.306 e. The van der Waals surface area contributed by atoms with Crippen LogP contribution in [0.15, 0.2) is 47.3 Å². The van der Waals surface area contributed by atoms with E-state index >= 15 is 0 Å². The van der Waals surface area contributed by atoms with Crippen LogP contribution in [0.25, 0.3) is 11.0 Å². The van der Waals surface area contributed by atoms with Crippen LogP contribution in [0.2, 0.25) is 0 Å². The maximum atomic E-state index is 12.2. The molecule has 3 aromatic rings. The zero-order chi connectivity index (χ0) is 16.4. The molecule has 6 nitrogen and oxygen atoms in total. The molecule has 0 fully saturated rings. The highest BCUT2D eigenvalue weighted by Crippen LogP contribution is 2.11. The third-order valence-electron chi connectivity index (χ3n) is 3.55. The molecule has 0 aliphatic heterocycles. The molecule has 2 aromatic carbocycles. The lowest BCUT2D eigenvalue weighted by molar-refractivity contribution is 0.580. The smallest absolute Gasteiger partial charge is 0.306 e. The number of imidazole rings is 1. The Morgan fingerprint density at radius 1 is 0.957 bits per heavy atom. The van der Waals surface area contributed by atoms with Crippen LogP contribution in [-0.4, -0.2) is 18.4 Å². The number of H-pyrrole nitrogens is 2. The van der Waals surface area contributed by atoms with Crippen molar-refractivity contribution in [3.63, 3.8) is 0 Å². The summed E-state index contributed by atoms with van der Waals surface area (Å²) in [5, 5.41) is 0. The highest BCUT2D eigenvalue weighted by Gasteiger charge is 2.11. The monoisotopic (exact) mass is 331 g/mol. The molecule has 1 aromatic heterocycles. The van der Waals surface area contributed by atoms with Crippen LogP contribution < -0.4 is 10.4 Å². The minimum absolute atomic E-state index is 0.0590. The van der Waals surface area contributed by atoms with Crippen LogP contribution in [0, 0.1) is 6.92 Å². The van der Waals surface area contributed by atoms with Crippen LogP contribution in [-0.2, 0) is 22.3 Å². The van der Waals surface area contributed by atoms with Crippen molar-refractivity contribution in [2.75, 3.05) is 0 Å². The highest BCUT2D eigenvalue weighted by molar-refractivity contribution is 7.88. The van der Waals surface area contributed by atoms with Crippen molar-refractivity contribution in [3.05, 3.63) is 69.6 Å². The summed E-state index contributed by atoms with van der Waals surface area (Å²) in [5.74, 6) is -0.0590. The van der Waals surface area contributed by atoms with E-state index in [9.17, 15) is 13.2 Å². The first-order valence-electron chi connectivity index (χ1n) is 7.15. The Hall–Kier alpha value is -2.38. The summed E-state index contributed by atoms with van der Waals surface area (Å²) < 4.78 is 26.9. The Balaban J connectivity index is 1.69. The first-order chi connectivity index (χ1) is 10.9. The molecule has 0 amide bonds. The van der Waals surface area contributed by atoms with E-state index in [1.54, 1.807) is 18.2 Å². The minimum atomic E-state index is -3.42. The molecule has 0 saturated heterocycles. The van der Waals surface area contributed by atoms with E-state index in [-0.39, 0.29) is 18.0 Å². The molecule has 3 N–H and O–H groups in total. The summed E-state index contributed by atoms with van der Waals surface area (Å²) in [4.78, 5) is 16.5. The second-order valence-electron chi connectivity index (χ2n) is 5.52. The fourth-order valence-corrected chi connectivity index (χ4v) is 3.46. The molecule has 0 unspecified atom stereocenters. The Bertz CT molecular complexity index is 985. The number of aromatic amines is 2. The van der Waals surface area contributed by atoms with Crippen molar-refractivity contribution in [2.24, 2.45) is 0 Å². The van der Waals surface area contributed by atoms with Gasteiger partial charge < -0.3 is 9.97 Å². The summed E-state index contributed by atoms with van der Waals surface area (Å²) in [6, 6.07) is 12.7. The van der Waals surface area contributed by atoms with Crippen molar-refractivity contribution >= 4 is 21.1 Å². The molecule has 1 heterocycles. The number of aryl methyl sites for hydroxylation is 1. The van der Waals surface area contributed by atoms with E-state index < -0.39 is 10.0 Å². The van der Waals surface area contributed by atoms with Crippen molar-refractivity contribution in [2.45, 2.75) is 19.2 Å². The summed E-state index contributed by atoms with van der Waals surface area (Å²) in [7, 11) is -3.42. The van der Waals surface area contributed by atoms with Crippen LogP contribution in [0.4, 0.5) is 0 Å². The van der Waals surface area contributed by atoms with Gasteiger partial charge >= 0.3 is 5.69 Å². The first kappa shape index (κ1) is 15.5. The Morgan fingerprint density at radius 3 is 2.35 bits per heavy atom. The standard InChI is InChI=1S/C16H17N3O3S/c1-11-2-4-12(5-3-11)10-23(21,22)17-9-13-6-7-14-15(8-13)19-16(20)18-14/h2-8,17H,9-10H2,1H3,(H2,18,19,20). The van der Waals surface area contributed by atoms with Gasteiger partial charge in [-0.2, -0.15) is 0 Å². The van der Waals surface area contributed by atoms with Gasteiger partial charge in [-0.1, -0.05) is 35.9 Å². The molecule has 7 heteroatoms. The molecule has 0 atom stereocenters. The molecular weight excluding hydrogens is 314 g/mol. The molecule has 120 valence electrons. The van der Waals surface area contributed by atoms with E-state index in [4.69, 9.17) is 0 Å². The molecule has 3 rings (SSSR count). The lowest BCUT2D eigenvalue weighted by Crippen LogP contribution is -2.24. The Morgan fingerprint density at radius 2 is 1.61 bits per heavy atom. The summed E-state index contributed by atoms with van der Waals surface area (Å²) in [6.07, 6.45) is 0. The van der Waals surface area contributed by atoms with Gasteiger partial charge in [0.1, 0.15) is 0 Å². The number of sulfonamides is 1. The second-order valence-corrected chi connectivity index (χ2v) is 7.33. The maximum absolute atomic E-state index is 12.2. The number of fused-ring (bicyclic) bond motifs is 1. The van der Waals surface area contributed by atoms with E-state index in [1.165, 1.54) is 0 Å². The van der Waals surface area contributed by atoms with Gasteiger partial charge in [0.15, 0.2) is 0 Å². The molecule has 23 heavy (non-hydrogen) atoms. The summed E-state index contributed by atoms with van der Waals surface area (Å²) in [6.45, 7) is 2.13. The Labute approximate surface area is 133 Å². The van der Waals surface area contributed by atoms with Gasteiger partial charge in [-0.25, -0.2) is 17.9 Å². The third-order valence-corrected chi connectivity index (χ3v) is 4.85. The zero-order valence-electron chi connectivity index (χ0n) is 12.6. The zero-order valence-corrected chi connectivity index (χ0v) is 13.4. The predicted octanol–water partition coefficient (Wildman–Crippen LogP) is 1.78. The van der Waals surface area contributed by atoms with E-state index in [2.05, 4.69) is 14.7 Å². The fourth-order valence-electron chi connectivity index (χ4n) is 2.34. The van der Waals surface area contributed by atoms with Gasteiger partial charge in [0.2, 0.25) is 10.0 Å². The van der Waals surface area contributed by atoms with E-state index in [1.807, 2.05) is 31.2 Å². The number of hydrogen-bond acceptors (Lipinski definition) is 3. The van der Waals surface area contributed by atoms with Gasteiger partial charge in [0, 0.05) is 6.54 Å². The highest BCUT2D eigenvalue weighted by atomic mass is 32.2. The number of benzene rings is 2. The van der Waals surface area contributed by atoms with Crippen LogP contribution in [0.5, 0.6) is 0 Å². The quantitative estimate of drug-likeness (QED) is 0.665. The Kier molecular flexibility index (Phi) is 4.06. The van der Waals surface area contributed by atoms with E-state index in [0.29, 0.717) is 11.0 Å². The number of rotatable bonds is 5. The van der Waals surface area contributed by atoms with E-state index in [0.717, 1.165) is 16.7 Å². The van der Waals surface area contributed by atoms with Crippen LogP contribution >= 0.6 is 0 Å². The lowest BCUT2D eigenvalue weighted by Gasteiger charge is -2.07. The van der Waals surface area contributed by atoms with Crippen molar-refractivity contribution in [1.29, 1.82) is 0 Å². The molecule has 0 spiro atoms. The van der Waals surface area contributed by atoms with Crippen molar-refractivity contribution in [3.8, 4) is 0 Å². The number of nitrogens with one attached hydrogen (secondary N) is 3. The SMILES string of the molecule is Cc1ccc(CS(=O)(=O)NCc2ccc3[nH]c(=O)[nH]c3c2)cc1. The van der Waals surface area contributed by atoms with Crippen molar-refractivity contribution in [1.82, 2.24) is 14.7 Å². The second kappa shape index (κ2) is 6.02. The van der Waals surface area contributed by atoms with Gasteiger partial charge in [0.25, 0.3) is 0 Å². The molecule has 0 aliphatic rings. The molecule has 0 aliphatic carbocycles. The average Bonchev–Trinajstić information content (AvgIpc) is 2.87. The van der Waals surface area contributed by atoms with Gasteiger partial charge in [0.05, 0.1) is 16.8 Å². The van der Waals surface area contributed by atoms with Crippen LogP contribution in [0.3, 0.4) is 0 Å². The van der Waals surface area contributed by atoms with Gasteiger partial charge in [-0.3, -0.25) is 0 Å². The number of hydrogen-bond donors (Lipinski definition) is 3.